The molecule has 3 atom stereocenters. The highest BCUT2D eigenvalue weighted by atomic mass is 16.5. The van der Waals surface area contributed by atoms with E-state index < -0.39 is 12.2 Å². The van der Waals surface area contributed by atoms with Crippen molar-refractivity contribution in [1.29, 1.82) is 0 Å². The molecule has 0 bridgehead atoms. The number of hydrogen-bond donors (Lipinski definition) is 2. The molecule has 0 aliphatic heterocycles. The van der Waals surface area contributed by atoms with Crippen molar-refractivity contribution in [1.82, 2.24) is 0 Å². The molecule has 0 aliphatic carbocycles. The van der Waals surface area contributed by atoms with E-state index in [1.165, 1.54) is 16.7 Å². The third kappa shape index (κ3) is 4.21. The van der Waals surface area contributed by atoms with Gasteiger partial charge in [-0.3, -0.25) is 0 Å². The van der Waals surface area contributed by atoms with Crippen molar-refractivity contribution in [3.63, 3.8) is 0 Å². The summed E-state index contributed by atoms with van der Waals surface area (Å²) in [5.41, 5.74) is 4.84. The van der Waals surface area contributed by atoms with E-state index in [-0.39, 0.29) is 5.92 Å². The Morgan fingerprint density at radius 2 is 1.67 bits per heavy atom. The van der Waals surface area contributed by atoms with Gasteiger partial charge >= 0.3 is 0 Å². The Kier molecular flexibility index (Phi) is 6.69. The zero-order chi connectivity index (χ0) is 16.2. The van der Waals surface area contributed by atoms with Gasteiger partial charge in [0, 0.05) is 0 Å². The van der Waals surface area contributed by atoms with Gasteiger partial charge in [0.1, 0.15) is 5.75 Å². The summed E-state index contributed by atoms with van der Waals surface area (Å²) in [6.45, 7) is 12.9. The summed E-state index contributed by atoms with van der Waals surface area (Å²) in [6.07, 6.45) is -0.161. The molecule has 1 rings (SSSR count). The van der Waals surface area contributed by atoms with Crippen molar-refractivity contribution in [3.05, 3.63) is 28.3 Å². The summed E-state index contributed by atoms with van der Waals surface area (Å²) in [5, 5.41) is 19.8. The summed E-state index contributed by atoms with van der Waals surface area (Å²) in [7, 11) is 0. The number of aliphatic hydroxyl groups is 2. The molecule has 0 radical (unpaired) electrons. The van der Waals surface area contributed by atoms with Gasteiger partial charge < -0.3 is 14.9 Å². The third-order valence-electron chi connectivity index (χ3n) is 4.36. The third-order valence-corrected chi connectivity index (χ3v) is 4.36. The van der Waals surface area contributed by atoms with E-state index in [1.807, 2.05) is 13.8 Å². The minimum atomic E-state index is -0.671. The van der Waals surface area contributed by atoms with Gasteiger partial charge in [-0.2, -0.15) is 0 Å². The van der Waals surface area contributed by atoms with Crippen LogP contribution in [0.2, 0.25) is 0 Å². The molecule has 3 nitrogen and oxygen atoms in total. The molecular weight excluding hydrogens is 264 g/mol. The van der Waals surface area contributed by atoms with E-state index in [4.69, 9.17) is 4.74 Å². The molecule has 1 aromatic carbocycles. The first kappa shape index (κ1) is 18.0. The maximum absolute atomic E-state index is 10.1. The van der Waals surface area contributed by atoms with Crippen molar-refractivity contribution < 1.29 is 14.9 Å². The van der Waals surface area contributed by atoms with Crippen LogP contribution in [-0.2, 0) is 0 Å². The Bertz CT molecular complexity index is 468. The fourth-order valence-electron chi connectivity index (χ4n) is 3.04. The van der Waals surface area contributed by atoms with Crippen LogP contribution in [0, 0.1) is 20.8 Å². The van der Waals surface area contributed by atoms with E-state index >= 15 is 0 Å². The zero-order valence-corrected chi connectivity index (χ0v) is 14.2. The minimum Gasteiger partial charge on any atom is -0.494 e. The van der Waals surface area contributed by atoms with Crippen LogP contribution in [0.15, 0.2) is 6.07 Å². The molecule has 0 fully saturated rings. The topological polar surface area (TPSA) is 49.7 Å². The Hall–Kier alpha value is -1.06. The minimum absolute atomic E-state index is 0.204. The van der Waals surface area contributed by atoms with Crippen LogP contribution < -0.4 is 4.74 Å². The van der Waals surface area contributed by atoms with Crippen LogP contribution in [0.4, 0.5) is 0 Å². The van der Waals surface area contributed by atoms with E-state index in [2.05, 4.69) is 33.8 Å². The smallest absolute Gasteiger partial charge is 0.122 e. The lowest BCUT2D eigenvalue weighted by Gasteiger charge is -2.25. The second-order valence-electron chi connectivity index (χ2n) is 5.97. The average Bonchev–Trinajstić information content (AvgIpc) is 2.43. The van der Waals surface area contributed by atoms with Crippen LogP contribution in [0.1, 0.15) is 61.8 Å². The molecular formula is C18H30O3. The van der Waals surface area contributed by atoms with Crippen LogP contribution >= 0.6 is 0 Å². The van der Waals surface area contributed by atoms with Crippen molar-refractivity contribution in [2.45, 2.75) is 72.5 Å². The zero-order valence-electron chi connectivity index (χ0n) is 14.2. The van der Waals surface area contributed by atoms with Gasteiger partial charge in [-0.05, 0) is 74.8 Å². The van der Waals surface area contributed by atoms with E-state index in [0.717, 1.165) is 11.3 Å². The van der Waals surface area contributed by atoms with E-state index in [9.17, 15) is 10.2 Å². The molecule has 2 N–H and O–H groups in total. The predicted octanol–water partition coefficient (Wildman–Crippen LogP) is 3.64. The fraction of sp³-hybridized carbons (Fsp3) is 0.667. The SMILES string of the molecule is CCOc1cc(C)c(C(C)CC(O)C(O)CC)c(C)c1C. The van der Waals surface area contributed by atoms with Crippen molar-refractivity contribution in [2.24, 2.45) is 0 Å². The van der Waals surface area contributed by atoms with Crippen LogP contribution in [0.25, 0.3) is 0 Å². The Morgan fingerprint density at radius 1 is 1.05 bits per heavy atom. The van der Waals surface area contributed by atoms with Crippen molar-refractivity contribution in [3.8, 4) is 5.75 Å². The van der Waals surface area contributed by atoms with E-state index in [1.54, 1.807) is 0 Å². The molecule has 1 aromatic rings. The molecule has 0 aromatic heterocycles. The van der Waals surface area contributed by atoms with E-state index in [0.29, 0.717) is 19.4 Å². The molecule has 3 heteroatoms. The van der Waals surface area contributed by atoms with Crippen LogP contribution in [0.5, 0.6) is 5.75 Å². The number of ether oxygens (including phenoxy) is 1. The summed E-state index contributed by atoms with van der Waals surface area (Å²) in [5.74, 6) is 1.15. The fourth-order valence-corrected chi connectivity index (χ4v) is 3.04. The maximum Gasteiger partial charge on any atom is 0.122 e. The molecule has 0 heterocycles. The van der Waals surface area contributed by atoms with Gasteiger partial charge in [-0.15, -0.1) is 0 Å². The van der Waals surface area contributed by atoms with Crippen LogP contribution in [-0.4, -0.2) is 29.0 Å². The van der Waals surface area contributed by atoms with Gasteiger partial charge in [0.05, 0.1) is 18.8 Å². The van der Waals surface area contributed by atoms with Crippen LogP contribution in [0.3, 0.4) is 0 Å². The summed E-state index contributed by atoms with van der Waals surface area (Å²) in [4.78, 5) is 0. The number of benzene rings is 1. The largest absolute Gasteiger partial charge is 0.494 e. The second-order valence-corrected chi connectivity index (χ2v) is 5.97. The lowest BCUT2D eigenvalue weighted by atomic mass is 9.85. The molecule has 21 heavy (non-hydrogen) atoms. The van der Waals surface area contributed by atoms with Gasteiger partial charge in [0.25, 0.3) is 0 Å². The van der Waals surface area contributed by atoms with Crippen molar-refractivity contribution in [2.75, 3.05) is 6.61 Å². The Labute approximate surface area is 129 Å². The molecule has 0 saturated heterocycles. The predicted molar refractivity (Wildman–Crippen MR) is 87.2 cm³/mol. The normalized spacial score (nSPS) is 15.6. The maximum atomic E-state index is 10.1. The highest BCUT2D eigenvalue weighted by Gasteiger charge is 2.22. The molecule has 0 spiro atoms. The number of rotatable bonds is 7. The van der Waals surface area contributed by atoms with Crippen molar-refractivity contribution >= 4 is 0 Å². The number of aliphatic hydroxyl groups excluding tert-OH is 2. The summed E-state index contributed by atoms with van der Waals surface area (Å²) < 4.78 is 5.68. The summed E-state index contributed by atoms with van der Waals surface area (Å²) in [6, 6.07) is 2.08. The first-order valence-electron chi connectivity index (χ1n) is 7.92. The molecule has 3 unspecified atom stereocenters. The lowest BCUT2D eigenvalue weighted by molar-refractivity contribution is 0.00947. The molecule has 0 aliphatic rings. The molecule has 0 saturated carbocycles. The van der Waals surface area contributed by atoms with Gasteiger partial charge in [-0.1, -0.05) is 13.8 Å². The second kappa shape index (κ2) is 7.81. The summed E-state index contributed by atoms with van der Waals surface area (Å²) >= 11 is 0. The first-order chi connectivity index (χ1) is 9.83. The van der Waals surface area contributed by atoms with Gasteiger partial charge in [0.15, 0.2) is 0 Å². The standard InChI is InChI=1S/C18H30O3/c1-7-15(19)16(20)9-11(3)18-12(4)10-17(21-8-2)13(5)14(18)6/h10-11,15-16,19-20H,7-9H2,1-6H3. The number of hydrogen-bond acceptors (Lipinski definition) is 3. The lowest BCUT2D eigenvalue weighted by Crippen LogP contribution is -2.26. The van der Waals surface area contributed by atoms with Gasteiger partial charge in [-0.25, -0.2) is 0 Å². The Balaban J connectivity index is 3.05. The quantitative estimate of drug-likeness (QED) is 0.807. The average molecular weight is 294 g/mol. The molecule has 120 valence electrons. The Morgan fingerprint density at radius 3 is 2.19 bits per heavy atom. The monoisotopic (exact) mass is 294 g/mol. The highest BCUT2D eigenvalue weighted by Crippen LogP contribution is 2.34. The molecule has 0 amide bonds. The highest BCUT2D eigenvalue weighted by molar-refractivity contribution is 5.49. The first-order valence-corrected chi connectivity index (χ1v) is 7.92. The number of aryl methyl sites for hydroxylation is 1. The van der Waals surface area contributed by atoms with Gasteiger partial charge in [0.2, 0.25) is 0 Å².